The van der Waals surface area contributed by atoms with Crippen LogP contribution in [0.25, 0.3) is 0 Å². The molecule has 29 heavy (non-hydrogen) atoms. The zero-order valence-electron chi connectivity index (χ0n) is 16.8. The van der Waals surface area contributed by atoms with E-state index in [4.69, 9.17) is 4.98 Å². The van der Waals surface area contributed by atoms with Crippen molar-refractivity contribution in [3.05, 3.63) is 101 Å². The van der Waals surface area contributed by atoms with Gasteiger partial charge in [-0.05, 0) is 48.9 Å². The normalized spacial score (nSPS) is 16.1. The van der Waals surface area contributed by atoms with Gasteiger partial charge in [0.2, 0.25) is 5.91 Å². The minimum Gasteiger partial charge on any atom is -0.334 e. The van der Waals surface area contributed by atoms with Crippen molar-refractivity contribution in [1.82, 2.24) is 9.88 Å². The Balaban J connectivity index is 1.38. The Kier molecular flexibility index (Phi) is 6.35. The standard InChI is InChI=1S/C26H28N2O/c29-26(18-7-14-21-10-3-1-4-11-21)28-19-9-17-25(28)24-16-8-15-23(27-24)20-22-12-5-2-6-13-22/h1-6,8,10-13,15-16,25H,7,9,14,17-20H2/t25-/m1/s1. The van der Waals surface area contributed by atoms with Crippen molar-refractivity contribution in [2.45, 2.75) is 44.6 Å². The number of rotatable bonds is 7. The van der Waals surface area contributed by atoms with Gasteiger partial charge in [0.05, 0.1) is 11.7 Å². The second-order valence-electron chi connectivity index (χ2n) is 7.80. The molecule has 1 aromatic heterocycles. The van der Waals surface area contributed by atoms with Crippen LogP contribution >= 0.6 is 0 Å². The molecule has 1 aliphatic heterocycles. The maximum absolute atomic E-state index is 12.9. The molecule has 0 radical (unpaired) electrons. The fraction of sp³-hybridized carbons (Fsp3) is 0.308. The number of benzene rings is 2. The number of hydrogen-bond donors (Lipinski definition) is 0. The molecule has 0 aliphatic carbocycles. The smallest absolute Gasteiger partial charge is 0.223 e. The quantitative estimate of drug-likeness (QED) is 0.549. The minimum absolute atomic E-state index is 0.120. The third-order valence-electron chi connectivity index (χ3n) is 5.67. The largest absolute Gasteiger partial charge is 0.334 e. The highest BCUT2D eigenvalue weighted by Gasteiger charge is 2.30. The Hall–Kier alpha value is -2.94. The highest BCUT2D eigenvalue weighted by atomic mass is 16.2. The molecule has 0 N–H and O–H groups in total. The van der Waals surface area contributed by atoms with E-state index in [1.165, 1.54) is 11.1 Å². The van der Waals surface area contributed by atoms with Crippen LogP contribution in [0, 0.1) is 0 Å². The molecular formula is C26H28N2O. The Bertz CT molecular complexity index is 924. The molecule has 1 amide bonds. The van der Waals surface area contributed by atoms with Crippen molar-refractivity contribution in [3.8, 4) is 0 Å². The topological polar surface area (TPSA) is 33.2 Å². The predicted octanol–water partition coefficient (Wildman–Crippen LogP) is 5.36. The number of pyridine rings is 1. The number of nitrogens with zero attached hydrogens (tertiary/aromatic N) is 2. The first-order valence-corrected chi connectivity index (χ1v) is 10.6. The van der Waals surface area contributed by atoms with Crippen molar-refractivity contribution in [3.63, 3.8) is 0 Å². The molecule has 0 saturated carbocycles. The summed E-state index contributed by atoms with van der Waals surface area (Å²) in [4.78, 5) is 19.9. The lowest BCUT2D eigenvalue weighted by Crippen LogP contribution is -2.31. The van der Waals surface area contributed by atoms with E-state index in [-0.39, 0.29) is 11.9 Å². The number of aryl methyl sites for hydroxylation is 1. The van der Waals surface area contributed by atoms with Crippen LogP contribution in [-0.4, -0.2) is 22.3 Å². The van der Waals surface area contributed by atoms with Gasteiger partial charge in [-0.25, -0.2) is 0 Å². The molecule has 1 aliphatic rings. The average molecular weight is 385 g/mol. The second kappa shape index (κ2) is 9.51. The lowest BCUT2D eigenvalue weighted by Gasteiger charge is -2.25. The number of likely N-dealkylation sites (tertiary alicyclic amines) is 1. The van der Waals surface area contributed by atoms with Gasteiger partial charge < -0.3 is 4.90 Å². The minimum atomic E-state index is 0.120. The summed E-state index contributed by atoms with van der Waals surface area (Å²) in [7, 11) is 0. The highest BCUT2D eigenvalue weighted by Crippen LogP contribution is 2.31. The third-order valence-corrected chi connectivity index (χ3v) is 5.67. The molecular weight excluding hydrogens is 356 g/mol. The molecule has 3 heteroatoms. The van der Waals surface area contributed by atoms with Gasteiger partial charge in [0.1, 0.15) is 0 Å². The Labute approximate surface area is 173 Å². The molecule has 2 heterocycles. The van der Waals surface area contributed by atoms with E-state index in [2.05, 4.69) is 71.6 Å². The molecule has 0 unspecified atom stereocenters. The Morgan fingerprint density at radius 2 is 1.62 bits per heavy atom. The van der Waals surface area contributed by atoms with Crippen LogP contribution in [0.2, 0.25) is 0 Å². The van der Waals surface area contributed by atoms with Crippen LogP contribution in [0.5, 0.6) is 0 Å². The van der Waals surface area contributed by atoms with E-state index in [1.54, 1.807) is 0 Å². The van der Waals surface area contributed by atoms with E-state index in [0.717, 1.165) is 50.0 Å². The molecule has 3 nitrogen and oxygen atoms in total. The van der Waals surface area contributed by atoms with E-state index >= 15 is 0 Å². The SMILES string of the molecule is O=C(CCCc1ccccc1)N1CCC[C@@H]1c1cccc(Cc2ccccc2)n1. The van der Waals surface area contributed by atoms with Gasteiger partial charge in [-0.15, -0.1) is 0 Å². The first kappa shape index (κ1) is 19.4. The molecule has 0 bridgehead atoms. The summed E-state index contributed by atoms with van der Waals surface area (Å²) >= 11 is 0. The molecule has 1 fully saturated rings. The monoisotopic (exact) mass is 384 g/mol. The summed E-state index contributed by atoms with van der Waals surface area (Å²) in [5.41, 5.74) is 4.66. The first-order valence-electron chi connectivity index (χ1n) is 10.6. The van der Waals surface area contributed by atoms with Crippen molar-refractivity contribution < 1.29 is 4.79 Å². The third kappa shape index (κ3) is 5.11. The number of hydrogen-bond acceptors (Lipinski definition) is 2. The van der Waals surface area contributed by atoms with Crippen molar-refractivity contribution in [2.75, 3.05) is 6.54 Å². The Morgan fingerprint density at radius 1 is 0.897 bits per heavy atom. The molecule has 0 spiro atoms. The summed E-state index contributed by atoms with van der Waals surface area (Å²) in [6, 6.07) is 27.2. The molecule has 3 aromatic rings. The van der Waals surface area contributed by atoms with Crippen LogP contribution in [0.4, 0.5) is 0 Å². The maximum atomic E-state index is 12.9. The molecule has 1 saturated heterocycles. The zero-order chi connectivity index (χ0) is 19.9. The van der Waals surface area contributed by atoms with Crippen LogP contribution < -0.4 is 0 Å². The number of amides is 1. The fourth-order valence-corrected chi connectivity index (χ4v) is 4.19. The summed E-state index contributed by atoms with van der Waals surface area (Å²) in [6.45, 7) is 0.847. The van der Waals surface area contributed by atoms with Gasteiger partial charge in [0, 0.05) is 25.1 Å². The molecule has 2 aromatic carbocycles. The second-order valence-corrected chi connectivity index (χ2v) is 7.80. The summed E-state index contributed by atoms with van der Waals surface area (Å²) in [6.07, 6.45) is 5.34. The van der Waals surface area contributed by atoms with Gasteiger partial charge in [0.15, 0.2) is 0 Å². The van der Waals surface area contributed by atoms with E-state index in [0.29, 0.717) is 6.42 Å². The number of carbonyl (C=O) groups is 1. The van der Waals surface area contributed by atoms with E-state index in [9.17, 15) is 4.79 Å². The van der Waals surface area contributed by atoms with Crippen LogP contribution in [0.1, 0.15) is 54.2 Å². The maximum Gasteiger partial charge on any atom is 0.223 e. The van der Waals surface area contributed by atoms with Crippen LogP contribution in [0.3, 0.4) is 0 Å². The first-order chi connectivity index (χ1) is 14.3. The fourth-order valence-electron chi connectivity index (χ4n) is 4.19. The van der Waals surface area contributed by atoms with Crippen molar-refractivity contribution >= 4 is 5.91 Å². The lowest BCUT2D eigenvalue weighted by molar-refractivity contribution is -0.132. The van der Waals surface area contributed by atoms with Gasteiger partial charge in [-0.2, -0.15) is 0 Å². The zero-order valence-corrected chi connectivity index (χ0v) is 16.8. The summed E-state index contributed by atoms with van der Waals surface area (Å²) in [5.74, 6) is 0.263. The number of carbonyl (C=O) groups excluding carboxylic acids is 1. The molecule has 1 atom stereocenters. The van der Waals surface area contributed by atoms with Crippen LogP contribution in [0.15, 0.2) is 78.9 Å². The Morgan fingerprint density at radius 3 is 2.38 bits per heavy atom. The summed E-state index contributed by atoms with van der Waals surface area (Å²) in [5, 5.41) is 0. The van der Waals surface area contributed by atoms with Crippen LogP contribution in [-0.2, 0) is 17.6 Å². The predicted molar refractivity (Wildman–Crippen MR) is 117 cm³/mol. The molecule has 148 valence electrons. The summed E-state index contributed by atoms with van der Waals surface area (Å²) < 4.78 is 0. The lowest BCUT2D eigenvalue weighted by atomic mass is 10.1. The van der Waals surface area contributed by atoms with E-state index in [1.807, 2.05) is 12.1 Å². The highest BCUT2D eigenvalue weighted by molar-refractivity contribution is 5.77. The molecule has 4 rings (SSSR count). The average Bonchev–Trinajstić information content (AvgIpc) is 3.26. The van der Waals surface area contributed by atoms with Crippen molar-refractivity contribution in [2.24, 2.45) is 0 Å². The van der Waals surface area contributed by atoms with Gasteiger partial charge >= 0.3 is 0 Å². The van der Waals surface area contributed by atoms with Crippen molar-refractivity contribution in [1.29, 1.82) is 0 Å². The van der Waals surface area contributed by atoms with E-state index < -0.39 is 0 Å². The number of aromatic nitrogens is 1. The van der Waals surface area contributed by atoms with Gasteiger partial charge in [-0.3, -0.25) is 9.78 Å². The van der Waals surface area contributed by atoms with Gasteiger partial charge in [-0.1, -0.05) is 66.7 Å². The van der Waals surface area contributed by atoms with Gasteiger partial charge in [0.25, 0.3) is 0 Å².